The molecule has 1 saturated carbocycles. The van der Waals surface area contributed by atoms with E-state index in [1.807, 2.05) is 35.0 Å². The van der Waals surface area contributed by atoms with Crippen LogP contribution in [-0.4, -0.2) is 32.3 Å². The molecule has 0 spiro atoms. The summed E-state index contributed by atoms with van der Waals surface area (Å²) in [5, 5.41) is 8.55. The van der Waals surface area contributed by atoms with Crippen LogP contribution in [0.25, 0.3) is 0 Å². The van der Waals surface area contributed by atoms with Crippen LogP contribution in [0, 0.1) is 6.92 Å². The van der Waals surface area contributed by atoms with E-state index in [0.29, 0.717) is 24.7 Å². The Bertz CT molecular complexity index is 1040. The summed E-state index contributed by atoms with van der Waals surface area (Å²) in [7, 11) is 1.95. The molecule has 0 N–H and O–H groups in total. The zero-order valence-corrected chi connectivity index (χ0v) is 17.0. The lowest BCUT2D eigenvalue weighted by atomic mass is 9.84. The van der Waals surface area contributed by atoms with E-state index in [2.05, 4.69) is 35.4 Å². The van der Waals surface area contributed by atoms with Gasteiger partial charge < -0.3 is 9.42 Å². The molecule has 1 aliphatic carbocycles. The van der Waals surface area contributed by atoms with Gasteiger partial charge in [0.1, 0.15) is 5.76 Å². The number of amides is 1. The van der Waals surface area contributed by atoms with Crippen LogP contribution in [0.1, 0.15) is 76.2 Å². The molecule has 150 valence electrons. The molecule has 3 aromatic rings. The Morgan fingerprint density at radius 1 is 1.17 bits per heavy atom. The lowest BCUT2D eigenvalue weighted by Crippen LogP contribution is -2.38. The normalized spacial score (nSPS) is 19.5. The van der Waals surface area contributed by atoms with Crippen molar-refractivity contribution in [3.63, 3.8) is 0 Å². The number of benzene rings is 1. The molecular weight excluding hydrogens is 364 g/mol. The average molecular weight is 390 g/mol. The highest BCUT2D eigenvalue weighted by Gasteiger charge is 2.33. The van der Waals surface area contributed by atoms with Gasteiger partial charge in [0.25, 0.3) is 5.91 Å². The van der Waals surface area contributed by atoms with Gasteiger partial charge in [-0.3, -0.25) is 9.48 Å². The Labute approximate surface area is 170 Å². The highest BCUT2D eigenvalue weighted by Crippen LogP contribution is 2.37. The van der Waals surface area contributed by atoms with Gasteiger partial charge >= 0.3 is 0 Å². The largest absolute Gasteiger partial charge is 0.360 e. The molecule has 1 aliphatic heterocycles. The van der Waals surface area contributed by atoms with E-state index in [1.54, 1.807) is 0 Å². The molecule has 29 heavy (non-hydrogen) atoms. The van der Waals surface area contributed by atoms with Gasteiger partial charge in [-0.25, -0.2) is 0 Å². The van der Waals surface area contributed by atoms with E-state index in [4.69, 9.17) is 4.52 Å². The van der Waals surface area contributed by atoms with E-state index in [1.165, 1.54) is 29.5 Å². The Hall–Kier alpha value is -2.89. The predicted octanol–water partition coefficient (Wildman–Crippen LogP) is 4.16. The second-order valence-electron chi connectivity index (χ2n) is 8.34. The van der Waals surface area contributed by atoms with Crippen molar-refractivity contribution in [1.29, 1.82) is 0 Å². The summed E-state index contributed by atoms with van der Waals surface area (Å²) in [4.78, 5) is 15.2. The van der Waals surface area contributed by atoms with Gasteiger partial charge in [-0.1, -0.05) is 42.3 Å². The van der Waals surface area contributed by atoms with Crippen LogP contribution >= 0.6 is 0 Å². The Balaban J connectivity index is 1.45. The monoisotopic (exact) mass is 390 g/mol. The van der Waals surface area contributed by atoms with Crippen molar-refractivity contribution >= 4 is 5.91 Å². The topological polar surface area (TPSA) is 64.2 Å². The van der Waals surface area contributed by atoms with Crippen molar-refractivity contribution in [3.8, 4) is 0 Å². The minimum Gasteiger partial charge on any atom is -0.360 e. The number of carbonyl (C=O) groups is 1. The molecule has 1 fully saturated rings. The SMILES string of the molecule is Cc1c(C2CN(C(=O)c3cc(C4CCCC4)on3)Cc3ccccc32)cnn1C. The molecule has 0 radical (unpaired) electrons. The molecule has 5 rings (SSSR count). The van der Waals surface area contributed by atoms with E-state index < -0.39 is 0 Å². The lowest BCUT2D eigenvalue weighted by Gasteiger charge is -2.34. The van der Waals surface area contributed by atoms with Crippen molar-refractivity contribution in [1.82, 2.24) is 19.8 Å². The van der Waals surface area contributed by atoms with Gasteiger partial charge in [0.05, 0.1) is 6.20 Å². The minimum atomic E-state index is -0.0564. The molecule has 6 nitrogen and oxygen atoms in total. The highest BCUT2D eigenvalue weighted by atomic mass is 16.5. The maximum Gasteiger partial charge on any atom is 0.276 e. The molecule has 1 unspecified atom stereocenters. The summed E-state index contributed by atoms with van der Waals surface area (Å²) in [5.74, 6) is 1.33. The number of aryl methyl sites for hydroxylation is 1. The summed E-state index contributed by atoms with van der Waals surface area (Å²) >= 11 is 0. The fourth-order valence-corrected chi connectivity index (χ4v) is 4.84. The predicted molar refractivity (Wildman–Crippen MR) is 109 cm³/mol. The van der Waals surface area contributed by atoms with Crippen molar-refractivity contribution < 1.29 is 9.32 Å². The Morgan fingerprint density at radius 3 is 2.72 bits per heavy atom. The second kappa shape index (κ2) is 7.17. The molecule has 0 saturated heterocycles. The fourth-order valence-electron chi connectivity index (χ4n) is 4.84. The first-order valence-electron chi connectivity index (χ1n) is 10.4. The van der Waals surface area contributed by atoms with Gasteiger partial charge in [-0.05, 0) is 30.9 Å². The van der Waals surface area contributed by atoms with Gasteiger partial charge in [0, 0.05) is 49.3 Å². The number of rotatable bonds is 3. The molecule has 0 bridgehead atoms. The minimum absolute atomic E-state index is 0.0564. The molecule has 1 aromatic carbocycles. The third kappa shape index (κ3) is 3.16. The lowest BCUT2D eigenvalue weighted by molar-refractivity contribution is 0.0714. The Kier molecular flexibility index (Phi) is 4.49. The number of nitrogens with zero attached hydrogens (tertiary/aromatic N) is 4. The average Bonchev–Trinajstić information content (AvgIpc) is 3.49. The first-order valence-corrected chi connectivity index (χ1v) is 10.4. The molecule has 6 heteroatoms. The van der Waals surface area contributed by atoms with E-state index in [-0.39, 0.29) is 11.8 Å². The zero-order chi connectivity index (χ0) is 20.0. The molecular formula is C23H26N4O2. The number of hydrogen-bond acceptors (Lipinski definition) is 4. The molecule has 1 atom stereocenters. The molecule has 2 aliphatic rings. The fraction of sp³-hybridized carbons (Fsp3) is 0.435. The smallest absolute Gasteiger partial charge is 0.276 e. The van der Waals surface area contributed by atoms with Crippen LogP contribution in [0.4, 0.5) is 0 Å². The summed E-state index contributed by atoms with van der Waals surface area (Å²) in [5.41, 5.74) is 5.18. The van der Waals surface area contributed by atoms with Gasteiger partial charge in [0.2, 0.25) is 0 Å². The first-order chi connectivity index (χ1) is 14.1. The van der Waals surface area contributed by atoms with Crippen LogP contribution in [0.3, 0.4) is 0 Å². The maximum absolute atomic E-state index is 13.3. The summed E-state index contributed by atoms with van der Waals surface area (Å²) in [6.45, 7) is 3.29. The van der Waals surface area contributed by atoms with Crippen molar-refractivity contribution in [3.05, 3.63) is 70.4 Å². The van der Waals surface area contributed by atoms with Crippen LogP contribution in [0.2, 0.25) is 0 Å². The summed E-state index contributed by atoms with van der Waals surface area (Å²) in [6, 6.07) is 10.3. The van der Waals surface area contributed by atoms with Crippen LogP contribution in [0.15, 0.2) is 41.1 Å². The van der Waals surface area contributed by atoms with Gasteiger partial charge in [-0.2, -0.15) is 5.10 Å². The Morgan fingerprint density at radius 2 is 1.97 bits per heavy atom. The van der Waals surface area contributed by atoms with Crippen molar-refractivity contribution in [2.45, 2.75) is 51.0 Å². The third-order valence-electron chi connectivity index (χ3n) is 6.64. The van der Waals surface area contributed by atoms with E-state index in [9.17, 15) is 4.79 Å². The van der Waals surface area contributed by atoms with Crippen molar-refractivity contribution in [2.75, 3.05) is 6.54 Å². The number of aromatic nitrogens is 3. The molecule has 3 heterocycles. The number of carbonyl (C=O) groups excluding carboxylic acids is 1. The quantitative estimate of drug-likeness (QED) is 0.674. The number of hydrogen-bond donors (Lipinski definition) is 0. The van der Waals surface area contributed by atoms with Gasteiger partial charge in [-0.15, -0.1) is 0 Å². The van der Waals surface area contributed by atoms with Crippen LogP contribution in [0.5, 0.6) is 0 Å². The first kappa shape index (κ1) is 18.2. The summed E-state index contributed by atoms with van der Waals surface area (Å²) < 4.78 is 7.45. The van der Waals surface area contributed by atoms with Crippen LogP contribution in [-0.2, 0) is 13.6 Å². The number of fused-ring (bicyclic) bond motifs is 1. The van der Waals surface area contributed by atoms with E-state index in [0.717, 1.165) is 24.3 Å². The van der Waals surface area contributed by atoms with Crippen molar-refractivity contribution in [2.24, 2.45) is 7.05 Å². The standard InChI is InChI=1S/C23H26N4O2/c1-15-19(12-24-26(15)2)20-14-27(13-17-9-5-6-10-18(17)20)23(28)21-11-22(29-25-21)16-7-3-4-8-16/h5-6,9-12,16,20H,3-4,7-8,13-14H2,1-2H3. The van der Waals surface area contributed by atoms with Crippen LogP contribution < -0.4 is 0 Å². The summed E-state index contributed by atoms with van der Waals surface area (Å²) in [6.07, 6.45) is 6.64. The second-order valence-corrected chi connectivity index (χ2v) is 8.34. The van der Waals surface area contributed by atoms with E-state index >= 15 is 0 Å². The molecule has 1 amide bonds. The highest BCUT2D eigenvalue weighted by molar-refractivity contribution is 5.92. The maximum atomic E-state index is 13.3. The molecule has 2 aromatic heterocycles. The van der Waals surface area contributed by atoms with Gasteiger partial charge in [0.15, 0.2) is 5.69 Å². The zero-order valence-electron chi connectivity index (χ0n) is 17.0. The third-order valence-corrected chi connectivity index (χ3v) is 6.64.